The standard InChI is InChI=1S/C53H79N9O14S/c1-38(19-24-47(66)67)56-52(75)57-42(36-63)15-9-11-25-54-45(64)17-7-2-3-8-18-46(65)55-26-12-10-16-44(51(74)76-37-40-13-5-4-6-14-40)59-53(77)58-41-22-20-39(21-23-41)31-43-32-61(34-49(70)71)28-27-60(33-48(68)69)29-30-62(43)35-50(72)73/h4-6,13-14,20-23,36,38,42-44H,2-3,7-12,15-19,24-35,37H2,1H3,(H,54,64)(H,55,65)(H,66,67)(H,68,69)(H,70,71)(H,72,73)(H2,56,57,75)(H2,58,59,77). The molecule has 1 aliphatic heterocycles. The second-order valence-electron chi connectivity index (χ2n) is 19.3. The molecule has 0 aromatic heterocycles. The molecule has 426 valence electrons. The van der Waals surface area contributed by atoms with Gasteiger partial charge in [-0.3, -0.25) is 43.5 Å². The number of carbonyl (C=O) groups is 9. The molecule has 1 fully saturated rings. The van der Waals surface area contributed by atoms with Crippen molar-refractivity contribution >= 4 is 77.0 Å². The Kier molecular flexibility index (Phi) is 31.1. The average molecular weight is 1100 g/mol. The molecule has 0 bridgehead atoms. The van der Waals surface area contributed by atoms with Crippen LogP contribution in [0, 0.1) is 0 Å². The molecule has 4 atom stereocenters. The van der Waals surface area contributed by atoms with Gasteiger partial charge in [-0.05, 0) is 107 Å². The van der Waals surface area contributed by atoms with Crippen molar-refractivity contribution in [1.29, 1.82) is 0 Å². The van der Waals surface area contributed by atoms with Gasteiger partial charge in [-0.25, -0.2) is 9.59 Å². The zero-order valence-electron chi connectivity index (χ0n) is 44.1. The topological polar surface area (TPSA) is 326 Å². The zero-order chi connectivity index (χ0) is 56.4. The van der Waals surface area contributed by atoms with Crippen molar-refractivity contribution in [1.82, 2.24) is 41.3 Å². The van der Waals surface area contributed by atoms with Crippen molar-refractivity contribution in [2.75, 3.05) is 70.8 Å². The number of hydrogen-bond donors (Lipinski definition) is 10. The first-order valence-electron chi connectivity index (χ1n) is 26.4. The van der Waals surface area contributed by atoms with Crippen LogP contribution in [-0.2, 0) is 56.1 Å². The summed E-state index contributed by atoms with van der Waals surface area (Å²) in [7, 11) is 0. The van der Waals surface area contributed by atoms with Crippen LogP contribution in [-0.4, -0.2) is 184 Å². The molecule has 2 aromatic carbocycles. The maximum absolute atomic E-state index is 13.4. The number of rotatable bonds is 36. The third kappa shape index (κ3) is 29.9. The lowest BCUT2D eigenvalue weighted by molar-refractivity contribution is -0.147. The molecular weight excluding hydrogens is 1020 g/mol. The number of nitrogens with zero attached hydrogens (tertiary/aromatic N) is 3. The molecule has 1 saturated heterocycles. The maximum atomic E-state index is 13.4. The number of thiocarbonyl (C=S) groups is 1. The van der Waals surface area contributed by atoms with Gasteiger partial charge in [0, 0.05) is 82.8 Å². The highest BCUT2D eigenvalue weighted by Crippen LogP contribution is 2.17. The van der Waals surface area contributed by atoms with Crippen molar-refractivity contribution in [2.45, 2.75) is 134 Å². The highest BCUT2D eigenvalue weighted by atomic mass is 32.1. The SMILES string of the molecule is CC(CCC(=O)O)NC(=O)NC(C=O)CCCCNC(=O)CCCCCCC(=O)NCCCCC(NC(=S)Nc1ccc(CC2CN(CC(=O)O)CCN(CC(=O)O)CCN2CC(=O)O)cc1)C(=O)OCc1ccccc1. The van der Waals surface area contributed by atoms with Crippen LogP contribution in [0.25, 0.3) is 0 Å². The zero-order valence-corrected chi connectivity index (χ0v) is 44.9. The summed E-state index contributed by atoms with van der Waals surface area (Å²) < 4.78 is 5.66. The van der Waals surface area contributed by atoms with E-state index in [9.17, 15) is 58.5 Å². The number of nitrogens with one attached hydrogen (secondary N) is 6. The Bertz CT molecular complexity index is 2190. The molecule has 24 heteroatoms. The molecule has 4 unspecified atom stereocenters. The number of unbranched alkanes of at least 4 members (excludes halogenated alkanes) is 5. The van der Waals surface area contributed by atoms with Crippen LogP contribution >= 0.6 is 12.2 Å². The van der Waals surface area contributed by atoms with E-state index in [0.717, 1.165) is 24.0 Å². The van der Waals surface area contributed by atoms with E-state index in [0.29, 0.717) is 115 Å². The molecule has 0 saturated carbocycles. The fourth-order valence-electron chi connectivity index (χ4n) is 8.55. The Labute approximate surface area is 455 Å². The van der Waals surface area contributed by atoms with E-state index < -0.39 is 54.0 Å². The third-order valence-corrected chi connectivity index (χ3v) is 12.9. The van der Waals surface area contributed by atoms with Gasteiger partial charge in [-0.15, -0.1) is 0 Å². The Balaban J connectivity index is 1.40. The minimum Gasteiger partial charge on any atom is -0.481 e. The minimum atomic E-state index is -1.06. The summed E-state index contributed by atoms with van der Waals surface area (Å²) in [6.45, 7) is 3.16. The van der Waals surface area contributed by atoms with Crippen LogP contribution in [0.15, 0.2) is 54.6 Å². The monoisotopic (exact) mass is 1100 g/mol. The molecule has 4 amide bonds. The predicted molar refractivity (Wildman–Crippen MR) is 290 cm³/mol. The third-order valence-electron chi connectivity index (χ3n) is 12.7. The summed E-state index contributed by atoms with van der Waals surface area (Å²) >= 11 is 5.64. The van der Waals surface area contributed by atoms with E-state index in [1.165, 1.54) is 0 Å². The highest BCUT2D eigenvalue weighted by Gasteiger charge is 2.28. The Morgan fingerprint density at radius 3 is 1.82 bits per heavy atom. The summed E-state index contributed by atoms with van der Waals surface area (Å²) in [5.41, 5.74) is 2.27. The molecular formula is C53H79N9O14S. The van der Waals surface area contributed by atoms with Crippen LogP contribution in [0.5, 0.6) is 0 Å². The molecule has 10 N–H and O–H groups in total. The first-order chi connectivity index (χ1) is 36.9. The largest absolute Gasteiger partial charge is 0.481 e. The van der Waals surface area contributed by atoms with Gasteiger partial charge >= 0.3 is 35.9 Å². The number of esters is 1. The van der Waals surface area contributed by atoms with Crippen LogP contribution < -0.4 is 31.9 Å². The number of carbonyl (C=O) groups excluding carboxylic acids is 5. The predicted octanol–water partition coefficient (Wildman–Crippen LogP) is 3.20. The van der Waals surface area contributed by atoms with E-state index in [1.54, 1.807) is 33.8 Å². The smallest absolute Gasteiger partial charge is 0.328 e. The lowest BCUT2D eigenvalue weighted by Gasteiger charge is -2.33. The van der Waals surface area contributed by atoms with Crippen molar-refractivity contribution < 1.29 is 68.3 Å². The molecule has 1 aliphatic rings. The van der Waals surface area contributed by atoms with Gasteiger partial charge in [0.2, 0.25) is 11.8 Å². The number of aldehydes is 1. The molecule has 0 radical (unpaired) electrons. The van der Waals surface area contributed by atoms with Gasteiger partial charge in [0.1, 0.15) is 18.9 Å². The first kappa shape index (κ1) is 64.5. The van der Waals surface area contributed by atoms with Gasteiger partial charge in [0.15, 0.2) is 5.11 Å². The van der Waals surface area contributed by atoms with E-state index in [4.69, 9.17) is 22.1 Å². The summed E-state index contributed by atoms with van der Waals surface area (Å²) in [6.07, 6.45) is 7.96. The number of benzene rings is 2. The van der Waals surface area contributed by atoms with E-state index in [-0.39, 0.29) is 75.1 Å². The van der Waals surface area contributed by atoms with Crippen molar-refractivity contribution in [3.8, 4) is 0 Å². The van der Waals surface area contributed by atoms with Crippen LogP contribution in [0.2, 0.25) is 0 Å². The first-order valence-corrected chi connectivity index (χ1v) is 26.8. The normalized spacial score (nSPS) is 15.4. The molecule has 23 nitrogen and oxygen atoms in total. The van der Waals surface area contributed by atoms with Crippen molar-refractivity contribution in [3.63, 3.8) is 0 Å². The number of carboxylic acid groups (broad SMARTS) is 4. The number of hydrogen-bond acceptors (Lipinski definition) is 14. The summed E-state index contributed by atoms with van der Waals surface area (Å²) in [6, 6.07) is 13.7. The van der Waals surface area contributed by atoms with E-state index in [2.05, 4.69) is 31.9 Å². The van der Waals surface area contributed by atoms with Gasteiger partial charge in [0.05, 0.1) is 25.7 Å². The van der Waals surface area contributed by atoms with Gasteiger partial charge in [-0.1, -0.05) is 55.3 Å². The van der Waals surface area contributed by atoms with Crippen LogP contribution in [0.3, 0.4) is 0 Å². The van der Waals surface area contributed by atoms with Gasteiger partial charge in [0.25, 0.3) is 0 Å². The quantitative estimate of drug-likeness (QED) is 0.0203. The molecule has 0 spiro atoms. The van der Waals surface area contributed by atoms with Gasteiger partial charge in [-0.2, -0.15) is 0 Å². The number of carboxylic acids is 4. The number of ether oxygens (including phenoxy) is 1. The lowest BCUT2D eigenvalue weighted by Crippen LogP contribution is -2.49. The average Bonchev–Trinajstić information content (AvgIpc) is 3.44. The van der Waals surface area contributed by atoms with Crippen LogP contribution in [0.4, 0.5) is 10.5 Å². The summed E-state index contributed by atoms with van der Waals surface area (Å²) in [5.74, 6) is -4.76. The number of amides is 4. The Hall–Kier alpha value is -6.76. The fourth-order valence-corrected chi connectivity index (χ4v) is 8.81. The molecule has 0 aliphatic carbocycles. The molecule has 1 heterocycles. The fraction of sp³-hybridized carbons (Fsp3) is 0.585. The molecule has 3 rings (SSSR count). The highest BCUT2D eigenvalue weighted by molar-refractivity contribution is 7.80. The molecule has 2 aromatic rings. The van der Waals surface area contributed by atoms with E-state index in [1.807, 2.05) is 42.5 Å². The number of urea groups is 1. The van der Waals surface area contributed by atoms with Crippen molar-refractivity contribution in [3.05, 3.63) is 65.7 Å². The summed E-state index contributed by atoms with van der Waals surface area (Å²) in [5, 5.41) is 54.9. The Morgan fingerprint density at radius 2 is 1.22 bits per heavy atom. The summed E-state index contributed by atoms with van der Waals surface area (Å²) in [4.78, 5) is 113. The van der Waals surface area contributed by atoms with Crippen LogP contribution in [0.1, 0.15) is 108 Å². The minimum absolute atomic E-state index is 0.0675. The lowest BCUT2D eigenvalue weighted by atomic mass is 10.0. The maximum Gasteiger partial charge on any atom is 0.328 e. The second kappa shape index (κ2) is 37.1. The number of aliphatic carboxylic acids is 4. The Morgan fingerprint density at radius 1 is 0.636 bits per heavy atom. The van der Waals surface area contributed by atoms with Crippen molar-refractivity contribution in [2.24, 2.45) is 0 Å². The molecule has 77 heavy (non-hydrogen) atoms. The van der Waals surface area contributed by atoms with E-state index >= 15 is 0 Å². The second-order valence-corrected chi connectivity index (χ2v) is 19.7. The van der Waals surface area contributed by atoms with Gasteiger partial charge < -0.3 is 61.9 Å². The number of anilines is 1.